The molecule has 25 heavy (non-hydrogen) atoms. The molecule has 1 aliphatic heterocycles. The third-order valence-electron chi connectivity index (χ3n) is 4.91. The van der Waals surface area contributed by atoms with Crippen molar-refractivity contribution in [2.75, 3.05) is 37.6 Å². The molecule has 0 aromatic heterocycles. The largest absolute Gasteiger partial charge is 0.368 e. The van der Waals surface area contributed by atoms with Crippen LogP contribution in [-0.4, -0.2) is 49.4 Å². The van der Waals surface area contributed by atoms with Crippen LogP contribution in [-0.2, 0) is 9.59 Å². The minimum atomic E-state index is -0.243. The topological polar surface area (TPSA) is 52.7 Å². The van der Waals surface area contributed by atoms with Gasteiger partial charge >= 0.3 is 0 Å². The minimum Gasteiger partial charge on any atom is -0.368 e. The van der Waals surface area contributed by atoms with Gasteiger partial charge in [0.15, 0.2) is 0 Å². The smallest absolute Gasteiger partial charge is 0.226 e. The number of benzene rings is 1. The number of nitrogens with zero attached hydrogens (tertiary/aromatic N) is 2. The molecule has 1 N–H and O–H groups in total. The molecule has 0 radical (unpaired) electrons. The van der Waals surface area contributed by atoms with Gasteiger partial charge in [-0.1, -0.05) is 13.8 Å². The average Bonchev–Trinajstić information content (AvgIpc) is 3.41. The molecule has 0 spiro atoms. The molecular formula is C19H26FN3O2. The lowest BCUT2D eigenvalue weighted by Crippen LogP contribution is -2.49. The third kappa shape index (κ3) is 4.30. The summed E-state index contributed by atoms with van der Waals surface area (Å²) in [5.41, 5.74) is 0.978. The van der Waals surface area contributed by atoms with Gasteiger partial charge in [-0.3, -0.25) is 9.59 Å². The maximum absolute atomic E-state index is 13.0. The molecule has 136 valence electrons. The van der Waals surface area contributed by atoms with Crippen LogP contribution >= 0.6 is 0 Å². The lowest BCUT2D eigenvalue weighted by molar-refractivity contribution is -0.135. The van der Waals surface area contributed by atoms with Crippen molar-refractivity contribution in [3.63, 3.8) is 0 Å². The van der Waals surface area contributed by atoms with Gasteiger partial charge in [0, 0.05) is 38.4 Å². The second kappa shape index (κ2) is 7.42. The highest BCUT2D eigenvalue weighted by atomic mass is 19.1. The highest BCUT2D eigenvalue weighted by Gasteiger charge is 2.49. The normalized spacial score (nSPS) is 22.9. The number of carbonyl (C=O) groups excluding carboxylic acids is 2. The van der Waals surface area contributed by atoms with Gasteiger partial charge in [-0.2, -0.15) is 0 Å². The van der Waals surface area contributed by atoms with E-state index >= 15 is 0 Å². The number of hydrogen-bond donors (Lipinski definition) is 1. The summed E-state index contributed by atoms with van der Waals surface area (Å²) in [5.74, 6) is -0.0177. The van der Waals surface area contributed by atoms with E-state index in [0.717, 1.165) is 18.8 Å². The Kier molecular flexibility index (Phi) is 5.25. The van der Waals surface area contributed by atoms with Crippen molar-refractivity contribution in [1.82, 2.24) is 10.2 Å². The maximum Gasteiger partial charge on any atom is 0.226 e. The van der Waals surface area contributed by atoms with Crippen LogP contribution in [0.25, 0.3) is 0 Å². The van der Waals surface area contributed by atoms with E-state index in [1.54, 1.807) is 12.1 Å². The Balaban J connectivity index is 1.46. The van der Waals surface area contributed by atoms with Crippen LogP contribution in [0.2, 0.25) is 0 Å². The average molecular weight is 347 g/mol. The first-order valence-electron chi connectivity index (χ1n) is 9.02. The van der Waals surface area contributed by atoms with Crippen molar-refractivity contribution in [3.05, 3.63) is 30.1 Å². The van der Waals surface area contributed by atoms with Crippen molar-refractivity contribution < 1.29 is 14.0 Å². The molecule has 6 heteroatoms. The summed E-state index contributed by atoms with van der Waals surface area (Å²) in [5, 5.41) is 2.92. The van der Waals surface area contributed by atoms with E-state index < -0.39 is 0 Å². The summed E-state index contributed by atoms with van der Waals surface area (Å²) < 4.78 is 13.0. The van der Waals surface area contributed by atoms with Gasteiger partial charge in [-0.05, 0) is 36.6 Å². The Morgan fingerprint density at radius 1 is 1.12 bits per heavy atom. The van der Waals surface area contributed by atoms with Crippen LogP contribution < -0.4 is 10.2 Å². The molecule has 2 fully saturated rings. The maximum atomic E-state index is 13.0. The second-order valence-corrected chi connectivity index (χ2v) is 7.38. The van der Waals surface area contributed by atoms with Gasteiger partial charge in [-0.25, -0.2) is 4.39 Å². The SMILES string of the molecule is CC(C)CNC(=O)C1CC1C(=O)N1CCN(c2ccc(F)cc2)CC1. The fraction of sp³-hybridized carbons (Fsp3) is 0.579. The number of carbonyl (C=O) groups is 2. The zero-order valence-electron chi connectivity index (χ0n) is 14.9. The zero-order valence-corrected chi connectivity index (χ0v) is 14.9. The summed E-state index contributed by atoms with van der Waals surface area (Å²) in [6, 6.07) is 6.44. The van der Waals surface area contributed by atoms with Crippen molar-refractivity contribution in [1.29, 1.82) is 0 Å². The Morgan fingerprint density at radius 2 is 1.76 bits per heavy atom. The molecule has 1 saturated carbocycles. The summed E-state index contributed by atoms with van der Waals surface area (Å²) >= 11 is 0. The zero-order chi connectivity index (χ0) is 18.0. The molecule has 2 aliphatic rings. The van der Waals surface area contributed by atoms with E-state index in [9.17, 15) is 14.0 Å². The molecule has 1 aromatic carbocycles. The molecule has 1 heterocycles. The van der Waals surface area contributed by atoms with Crippen molar-refractivity contribution in [2.45, 2.75) is 20.3 Å². The van der Waals surface area contributed by atoms with Gasteiger partial charge in [0.05, 0.1) is 11.8 Å². The van der Waals surface area contributed by atoms with Crippen LogP contribution in [0, 0.1) is 23.6 Å². The van der Waals surface area contributed by atoms with E-state index in [-0.39, 0.29) is 29.5 Å². The first kappa shape index (κ1) is 17.7. The number of hydrogen-bond acceptors (Lipinski definition) is 3. The van der Waals surface area contributed by atoms with Gasteiger partial charge in [0.1, 0.15) is 5.82 Å². The Bertz CT molecular complexity index is 624. The molecule has 1 aromatic rings. The van der Waals surface area contributed by atoms with E-state index in [1.807, 2.05) is 4.90 Å². The van der Waals surface area contributed by atoms with E-state index in [4.69, 9.17) is 0 Å². The predicted octanol–water partition coefficient (Wildman–Crippen LogP) is 1.88. The summed E-state index contributed by atoms with van der Waals surface area (Å²) in [4.78, 5) is 28.6. The van der Waals surface area contributed by atoms with Gasteiger partial charge < -0.3 is 15.1 Å². The number of rotatable bonds is 5. The van der Waals surface area contributed by atoms with Gasteiger partial charge in [0.2, 0.25) is 11.8 Å². The molecule has 2 atom stereocenters. The van der Waals surface area contributed by atoms with Crippen molar-refractivity contribution in [3.8, 4) is 0 Å². The second-order valence-electron chi connectivity index (χ2n) is 7.38. The fourth-order valence-electron chi connectivity index (χ4n) is 3.26. The minimum absolute atomic E-state index is 0.0111. The van der Waals surface area contributed by atoms with E-state index in [2.05, 4.69) is 24.1 Å². The predicted molar refractivity (Wildman–Crippen MR) is 94.6 cm³/mol. The summed E-state index contributed by atoms with van der Waals surface area (Å²) in [7, 11) is 0. The fourth-order valence-corrected chi connectivity index (χ4v) is 3.26. The lowest BCUT2D eigenvalue weighted by Gasteiger charge is -2.36. The van der Waals surface area contributed by atoms with Crippen molar-refractivity contribution >= 4 is 17.5 Å². The molecule has 5 nitrogen and oxygen atoms in total. The molecule has 2 amide bonds. The summed E-state index contributed by atoms with van der Waals surface area (Å²) in [6.07, 6.45) is 0.668. The highest BCUT2D eigenvalue weighted by Crippen LogP contribution is 2.40. The number of halogens is 1. The summed E-state index contributed by atoms with van der Waals surface area (Å²) in [6.45, 7) is 7.52. The van der Waals surface area contributed by atoms with E-state index in [0.29, 0.717) is 32.0 Å². The number of piperazine rings is 1. The Morgan fingerprint density at radius 3 is 2.36 bits per heavy atom. The first-order chi connectivity index (χ1) is 12.0. The number of amides is 2. The molecule has 0 bridgehead atoms. The first-order valence-corrected chi connectivity index (χ1v) is 9.02. The monoisotopic (exact) mass is 347 g/mol. The molecule has 3 rings (SSSR count). The third-order valence-corrected chi connectivity index (χ3v) is 4.91. The van der Waals surface area contributed by atoms with Crippen LogP contribution in [0.3, 0.4) is 0 Å². The van der Waals surface area contributed by atoms with Crippen molar-refractivity contribution in [2.24, 2.45) is 17.8 Å². The molecule has 1 saturated heterocycles. The van der Waals surface area contributed by atoms with Crippen LogP contribution in [0.1, 0.15) is 20.3 Å². The number of nitrogens with one attached hydrogen (secondary N) is 1. The number of anilines is 1. The quantitative estimate of drug-likeness (QED) is 0.885. The van der Waals surface area contributed by atoms with Crippen LogP contribution in [0.15, 0.2) is 24.3 Å². The molecule has 1 aliphatic carbocycles. The van der Waals surface area contributed by atoms with E-state index in [1.165, 1.54) is 12.1 Å². The van der Waals surface area contributed by atoms with Gasteiger partial charge in [-0.15, -0.1) is 0 Å². The molecule has 2 unspecified atom stereocenters. The highest BCUT2D eigenvalue weighted by molar-refractivity contribution is 5.92. The standard InChI is InChI=1S/C19H26FN3O2/c1-13(2)12-21-18(24)16-11-17(16)19(25)23-9-7-22(8-10-23)15-5-3-14(20)4-6-15/h3-6,13,16-17H,7-12H2,1-2H3,(H,21,24). The van der Waals surface area contributed by atoms with Crippen LogP contribution in [0.5, 0.6) is 0 Å². The van der Waals surface area contributed by atoms with Crippen LogP contribution in [0.4, 0.5) is 10.1 Å². The van der Waals surface area contributed by atoms with Gasteiger partial charge in [0.25, 0.3) is 0 Å². The Labute approximate surface area is 148 Å². The Hall–Kier alpha value is -2.11. The lowest BCUT2D eigenvalue weighted by atomic mass is 10.2. The molecular weight excluding hydrogens is 321 g/mol.